The molecule has 0 aliphatic heterocycles. The minimum atomic E-state index is -3.71. The molecule has 6 nitrogen and oxygen atoms in total. The van der Waals surface area contributed by atoms with Crippen LogP contribution in [0.2, 0.25) is 0 Å². The molecule has 1 amide bonds. The van der Waals surface area contributed by atoms with Gasteiger partial charge in [-0.25, -0.2) is 17.5 Å². The normalized spacial score (nSPS) is 18.8. The molecule has 38 heavy (non-hydrogen) atoms. The zero-order valence-corrected chi connectivity index (χ0v) is 22.3. The van der Waals surface area contributed by atoms with Crippen molar-refractivity contribution in [1.29, 1.82) is 0 Å². The van der Waals surface area contributed by atoms with Gasteiger partial charge in [0.25, 0.3) is 0 Å². The highest BCUT2D eigenvalue weighted by molar-refractivity contribution is 7.89. The van der Waals surface area contributed by atoms with Crippen LogP contribution in [0.15, 0.2) is 83.8 Å². The first-order valence-electron chi connectivity index (χ1n) is 12.9. The van der Waals surface area contributed by atoms with Crippen LogP contribution in [0.5, 0.6) is 0 Å². The number of carbonyl (C=O) groups is 1. The number of aryl methyl sites for hydroxylation is 1. The van der Waals surface area contributed by atoms with E-state index in [9.17, 15) is 17.6 Å². The quantitative estimate of drug-likeness (QED) is 0.320. The van der Waals surface area contributed by atoms with Crippen molar-refractivity contribution in [2.45, 2.75) is 49.6 Å². The Labute approximate surface area is 222 Å². The molecular weight excluding hydrogens is 501 g/mol. The molecule has 3 aromatic carbocycles. The van der Waals surface area contributed by atoms with Gasteiger partial charge < -0.3 is 9.88 Å². The first-order valence-corrected chi connectivity index (χ1v) is 14.4. The lowest BCUT2D eigenvalue weighted by atomic mass is 9.85. The molecule has 1 aromatic heterocycles. The van der Waals surface area contributed by atoms with Crippen LogP contribution in [0.4, 0.5) is 4.39 Å². The van der Waals surface area contributed by atoms with Crippen LogP contribution in [-0.4, -0.2) is 24.9 Å². The molecule has 198 valence electrons. The number of benzene rings is 3. The Bertz CT molecular complexity index is 1540. The van der Waals surface area contributed by atoms with Gasteiger partial charge in [-0.1, -0.05) is 42.5 Å². The maximum Gasteiger partial charge on any atom is 0.240 e. The number of carbonyl (C=O) groups excluding carboxylic acids is 1. The Hall–Kier alpha value is -3.49. The lowest BCUT2D eigenvalue weighted by molar-refractivity contribution is -0.126. The number of rotatable bonds is 7. The van der Waals surface area contributed by atoms with Crippen molar-refractivity contribution >= 4 is 26.8 Å². The summed E-state index contributed by atoms with van der Waals surface area (Å²) in [7, 11) is -1.73. The average molecular weight is 534 g/mol. The van der Waals surface area contributed by atoms with Crippen LogP contribution in [0.25, 0.3) is 22.2 Å². The molecule has 0 radical (unpaired) electrons. The number of sulfonamides is 1. The van der Waals surface area contributed by atoms with Crippen LogP contribution >= 0.6 is 0 Å². The van der Waals surface area contributed by atoms with Crippen LogP contribution in [-0.2, 0) is 21.9 Å². The van der Waals surface area contributed by atoms with Crippen LogP contribution in [0, 0.1) is 11.7 Å². The number of amides is 1. The van der Waals surface area contributed by atoms with Crippen LogP contribution in [0.1, 0.15) is 44.2 Å². The third-order valence-corrected chi connectivity index (χ3v) is 9.06. The molecular formula is C30H32FN3O3S. The molecule has 1 aliphatic carbocycles. The van der Waals surface area contributed by atoms with Crippen molar-refractivity contribution in [1.82, 2.24) is 14.6 Å². The third kappa shape index (κ3) is 5.51. The first kappa shape index (κ1) is 26.1. The van der Waals surface area contributed by atoms with Gasteiger partial charge in [0.1, 0.15) is 5.82 Å². The molecule has 0 bridgehead atoms. The molecule has 8 heteroatoms. The molecule has 1 heterocycles. The van der Waals surface area contributed by atoms with Gasteiger partial charge >= 0.3 is 0 Å². The smallest absolute Gasteiger partial charge is 0.240 e. The van der Waals surface area contributed by atoms with Gasteiger partial charge in [-0.15, -0.1) is 0 Å². The molecule has 0 unspecified atom stereocenters. The summed E-state index contributed by atoms with van der Waals surface area (Å²) in [6.07, 6.45) is 2.39. The van der Waals surface area contributed by atoms with Gasteiger partial charge in [-0.3, -0.25) is 4.79 Å². The van der Waals surface area contributed by atoms with E-state index in [-0.39, 0.29) is 34.6 Å². The van der Waals surface area contributed by atoms with Crippen molar-refractivity contribution in [3.63, 3.8) is 0 Å². The number of nitrogens with zero attached hydrogens (tertiary/aromatic N) is 1. The minimum absolute atomic E-state index is 0.0492. The topological polar surface area (TPSA) is 80.2 Å². The van der Waals surface area contributed by atoms with E-state index >= 15 is 0 Å². The van der Waals surface area contributed by atoms with E-state index in [2.05, 4.69) is 14.6 Å². The van der Waals surface area contributed by atoms with Crippen molar-refractivity contribution < 1.29 is 17.6 Å². The highest BCUT2D eigenvalue weighted by Crippen LogP contribution is 2.30. The van der Waals surface area contributed by atoms with E-state index in [1.807, 2.05) is 56.4 Å². The molecule has 1 saturated carbocycles. The second kappa shape index (κ2) is 10.7. The molecule has 0 spiro atoms. The second-order valence-electron chi connectivity index (χ2n) is 10.1. The molecule has 1 atom stereocenters. The summed E-state index contributed by atoms with van der Waals surface area (Å²) in [6, 6.07) is 22.9. The Balaban J connectivity index is 1.21. The highest BCUT2D eigenvalue weighted by atomic mass is 32.2. The summed E-state index contributed by atoms with van der Waals surface area (Å²) >= 11 is 0. The monoisotopic (exact) mass is 533 g/mol. The van der Waals surface area contributed by atoms with Gasteiger partial charge in [0.05, 0.1) is 10.9 Å². The fourth-order valence-corrected chi connectivity index (χ4v) is 6.65. The summed E-state index contributed by atoms with van der Waals surface area (Å²) < 4.78 is 44.6. The largest absolute Gasteiger partial charge is 0.349 e. The maximum atomic E-state index is 13.2. The van der Waals surface area contributed by atoms with E-state index in [1.54, 1.807) is 24.3 Å². The number of fused-ring (bicyclic) bond motifs is 1. The zero-order valence-electron chi connectivity index (χ0n) is 21.5. The predicted octanol–water partition coefficient (Wildman–Crippen LogP) is 5.70. The average Bonchev–Trinajstić information content (AvgIpc) is 3.25. The van der Waals surface area contributed by atoms with Gasteiger partial charge in [0, 0.05) is 35.6 Å². The number of aromatic nitrogens is 1. The predicted molar refractivity (Wildman–Crippen MR) is 147 cm³/mol. The number of hydrogen-bond donors (Lipinski definition) is 2. The molecule has 1 aliphatic rings. The van der Waals surface area contributed by atoms with Gasteiger partial charge in [-0.2, -0.15) is 0 Å². The lowest BCUT2D eigenvalue weighted by Crippen LogP contribution is -2.41. The third-order valence-electron chi connectivity index (χ3n) is 7.54. The van der Waals surface area contributed by atoms with Crippen LogP contribution < -0.4 is 10.0 Å². The van der Waals surface area contributed by atoms with Crippen molar-refractivity contribution in [3.05, 3.63) is 90.2 Å². The van der Waals surface area contributed by atoms with Crippen molar-refractivity contribution in [2.24, 2.45) is 13.0 Å². The van der Waals surface area contributed by atoms with Gasteiger partial charge in [0.2, 0.25) is 15.9 Å². The minimum Gasteiger partial charge on any atom is -0.349 e. The zero-order chi connectivity index (χ0) is 26.9. The Morgan fingerprint density at radius 2 is 1.63 bits per heavy atom. The number of nitrogens with one attached hydrogen (secondary N) is 2. The first-order chi connectivity index (χ1) is 18.2. The summed E-state index contributed by atoms with van der Waals surface area (Å²) in [5.74, 6) is -0.531. The molecule has 1 fully saturated rings. The summed E-state index contributed by atoms with van der Waals surface area (Å²) in [4.78, 5) is 13.0. The Morgan fingerprint density at radius 3 is 2.32 bits per heavy atom. The van der Waals surface area contributed by atoms with E-state index in [1.165, 1.54) is 12.1 Å². The maximum absolute atomic E-state index is 13.2. The highest BCUT2D eigenvalue weighted by Gasteiger charge is 2.30. The lowest BCUT2D eigenvalue weighted by Gasteiger charge is -2.29. The summed E-state index contributed by atoms with van der Waals surface area (Å²) in [5, 5.41) is 3.87. The molecule has 4 aromatic rings. The molecule has 2 N–H and O–H groups in total. The van der Waals surface area contributed by atoms with Crippen molar-refractivity contribution in [3.8, 4) is 11.3 Å². The SMILES string of the molecule is C[C@@H](NC(=O)[C@H]1CC[C@H](NS(=O)(=O)c2ccc3c(c2)cc(-c2ccccc2)n3C)CC1)c1ccc(F)cc1. The Kier molecular flexibility index (Phi) is 7.36. The van der Waals surface area contributed by atoms with E-state index in [0.717, 1.165) is 27.7 Å². The molecule has 5 rings (SSSR count). The molecule has 0 saturated heterocycles. The van der Waals surface area contributed by atoms with Gasteiger partial charge in [0.15, 0.2) is 0 Å². The fourth-order valence-electron chi connectivity index (χ4n) is 5.31. The van der Waals surface area contributed by atoms with E-state index < -0.39 is 10.0 Å². The summed E-state index contributed by atoms with van der Waals surface area (Å²) in [5.41, 5.74) is 3.90. The van der Waals surface area contributed by atoms with E-state index in [0.29, 0.717) is 25.7 Å². The Morgan fingerprint density at radius 1 is 0.947 bits per heavy atom. The van der Waals surface area contributed by atoms with Crippen molar-refractivity contribution in [2.75, 3.05) is 0 Å². The standard InChI is InChI=1S/C30H32FN3O3S/c1-20(21-8-12-25(31)13-9-21)32-30(35)23-10-14-26(15-11-23)33-38(36,37)27-16-17-28-24(18-27)19-29(34(28)2)22-6-4-3-5-7-22/h3-9,12-13,16-20,23,26,33H,10-11,14-15H2,1-2H3,(H,32,35)/t20-,23-,26-/m1/s1. The van der Waals surface area contributed by atoms with Gasteiger partial charge in [-0.05, 0) is 80.1 Å². The number of hydrogen-bond acceptors (Lipinski definition) is 3. The summed E-state index contributed by atoms with van der Waals surface area (Å²) in [6.45, 7) is 1.87. The van der Waals surface area contributed by atoms with E-state index in [4.69, 9.17) is 0 Å². The number of halogens is 1. The second-order valence-corrected chi connectivity index (χ2v) is 11.8. The van der Waals surface area contributed by atoms with Crippen LogP contribution in [0.3, 0.4) is 0 Å². The fraction of sp³-hybridized carbons (Fsp3) is 0.300.